The van der Waals surface area contributed by atoms with E-state index in [1.165, 1.54) is 5.56 Å². The zero-order valence-corrected chi connectivity index (χ0v) is 16.9. The summed E-state index contributed by atoms with van der Waals surface area (Å²) in [5, 5.41) is 13.6. The van der Waals surface area contributed by atoms with Crippen molar-refractivity contribution in [1.29, 1.82) is 0 Å². The van der Waals surface area contributed by atoms with E-state index in [2.05, 4.69) is 43.2 Å². The summed E-state index contributed by atoms with van der Waals surface area (Å²) in [6, 6.07) is 25.0. The Morgan fingerprint density at radius 3 is 2.07 bits per heavy atom. The summed E-state index contributed by atoms with van der Waals surface area (Å²) in [5.74, 6) is 6.34. The molecule has 3 N–H and O–H groups in total. The number of aromatic hydroxyl groups is 1. The van der Waals surface area contributed by atoms with Crippen molar-refractivity contribution in [3.8, 4) is 28.3 Å². The Morgan fingerprint density at radius 1 is 0.767 bits per heavy atom. The molecule has 4 aromatic rings. The van der Waals surface area contributed by atoms with E-state index < -0.39 is 0 Å². The molecular weight excluding hydrogens is 372 g/mol. The van der Waals surface area contributed by atoms with Crippen LogP contribution in [0.5, 0.6) is 5.75 Å². The third-order valence-corrected chi connectivity index (χ3v) is 4.87. The van der Waals surface area contributed by atoms with Gasteiger partial charge in [0.05, 0.1) is 11.4 Å². The first kappa shape index (κ1) is 19.3. The van der Waals surface area contributed by atoms with Crippen LogP contribution in [0.15, 0.2) is 84.0 Å². The zero-order valence-electron chi connectivity index (χ0n) is 16.9. The van der Waals surface area contributed by atoms with Crippen molar-refractivity contribution in [3.63, 3.8) is 0 Å². The van der Waals surface area contributed by atoms with Gasteiger partial charge in [0.1, 0.15) is 11.5 Å². The highest BCUT2D eigenvalue weighted by Crippen LogP contribution is 2.26. The largest absolute Gasteiger partial charge is 0.508 e. The third-order valence-electron chi connectivity index (χ3n) is 4.87. The van der Waals surface area contributed by atoms with Crippen molar-refractivity contribution < 1.29 is 5.11 Å². The first-order valence-electron chi connectivity index (χ1n) is 9.64. The van der Waals surface area contributed by atoms with Crippen LogP contribution in [0.4, 0.5) is 0 Å². The molecule has 0 saturated heterocycles. The van der Waals surface area contributed by atoms with E-state index in [0.717, 1.165) is 33.6 Å². The van der Waals surface area contributed by atoms with Gasteiger partial charge in [-0.15, -0.1) is 0 Å². The lowest BCUT2D eigenvalue weighted by atomic mass is 10.0. The van der Waals surface area contributed by atoms with Crippen molar-refractivity contribution >= 4 is 5.71 Å². The molecule has 5 nitrogen and oxygen atoms in total. The molecule has 0 fully saturated rings. The summed E-state index contributed by atoms with van der Waals surface area (Å²) in [4.78, 5) is 9.54. The highest BCUT2D eigenvalue weighted by molar-refractivity contribution is 6.10. The van der Waals surface area contributed by atoms with Gasteiger partial charge in [-0.25, -0.2) is 9.97 Å². The molecule has 3 aromatic carbocycles. The molecule has 0 amide bonds. The second kappa shape index (κ2) is 8.17. The molecule has 0 unspecified atom stereocenters. The van der Waals surface area contributed by atoms with Crippen LogP contribution in [0.25, 0.3) is 22.5 Å². The number of nitrogens with two attached hydrogens (primary N) is 1. The molecule has 0 aliphatic rings. The standard InChI is InChI=1S/C25H22N4O/c1-16-6-8-18(9-7-16)22-15-23(20-5-3-4-17(2)14-20)28-25(27-22)24(29-26)19-10-12-21(30)13-11-19/h3-15,30H,26H2,1-2H3. The highest BCUT2D eigenvalue weighted by Gasteiger charge is 2.15. The van der Waals surface area contributed by atoms with Gasteiger partial charge >= 0.3 is 0 Å². The number of hydrogen-bond donors (Lipinski definition) is 2. The Labute approximate surface area is 175 Å². The lowest BCUT2D eigenvalue weighted by molar-refractivity contribution is 0.475. The SMILES string of the molecule is Cc1ccc(-c2cc(-c3cccc(C)c3)nc(C(=NN)c3ccc(O)cc3)n2)cc1. The maximum Gasteiger partial charge on any atom is 0.181 e. The smallest absolute Gasteiger partial charge is 0.181 e. The number of aryl methyl sites for hydroxylation is 2. The number of phenolic OH excluding ortho intramolecular Hbond substituents is 1. The zero-order chi connectivity index (χ0) is 21.1. The summed E-state index contributed by atoms with van der Waals surface area (Å²) in [7, 11) is 0. The van der Waals surface area contributed by atoms with E-state index in [4.69, 9.17) is 15.8 Å². The summed E-state index contributed by atoms with van der Waals surface area (Å²) >= 11 is 0. The molecule has 1 heterocycles. The lowest BCUT2D eigenvalue weighted by Gasteiger charge is -2.11. The number of phenols is 1. The van der Waals surface area contributed by atoms with Crippen molar-refractivity contribution in [3.05, 3.63) is 101 Å². The van der Waals surface area contributed by atoms with Gasteiger partial charge in [-0.05, 0) is 50.2 Å². The van der Waals surface area contributed by atoms with Gasteiger partial charge in [0, 0.05) is 16.7 Å². The van der Waals surface area contributed by atoms with Crippen LogP contribution in [-0.4, -0.2) is 20.8 Å². The van der Waals surface area contributed by atoms with Crippen LogP contribution in [0.2, 0.25) is 0 Å². The van der Waals surface area contributed by atoms with Crippen molar-refractivity contribution in [1.82, 2.24) is 9.97 Å². The number of nitrogens with zero attached hydrogens (tertiary/aromatic N) is 3. The molecule has 0 radical (unpaired) electrons. The van der Waals surface area contributed by atoms with Crippen LogP contribution in [0.1, 0.15) is 22.5 Å². The van der Waals surface area contributed by atoms with E-state index in [1.54, 1.807) is 24.3 Å². The Morgan fingerprint density at radius 2 is 1.43 bits per heavy atom. The molecular formula is C25H22N4O. The van der Waals surface area contributed by atoms with Gasteiger partial charge in [-0.3, -0.25) is 0 Å². The fourth-order valence-electron chi connectivity index (χ4n) is 3.26. The van der Waals surface area contributed by atoms with Crippen LogP contribution in [0, 0.1) is 13.8 Å². The number of rotatable bonds is 4. The predicted octanol–water partition coefficient (Wildman–Crippen LogP) is 4.84. The third kappa shape index (κ3) is 4.05. The van der Waals surface area contributed by atoms with Gasteiger partial charge in [0.25, 0.3) is 0 Å². The Hall–Kier alpha value is -3.99. The van der Waals surface area contributed by atoms with E-state index in [9.17, 15) is 5.11 Å². The maximum atomic E-state index is 9.61. The minimum absolute atomic E-state index is 0.171. The molecule has 0 aliphatic heterocycles. The van der Waals surface area contributed by atoms with Crippen LogP contribution >= 0.6 is 0 Å². The first-order valence-corrected chi connectivity index (χ1v) is 9.64. The van der Waals surface area contributed by atoms with E-state index in [-0.39, 0.29) is 5.75 Å². The lowest BCUT2D eigenvalue weighted by Crippen LogP contribution is -2.12. The minimum atomic E-state index is 0.171. The van der Waals surface area contributed by atoms with Crippen LogP contribution in [-0.2, 0) is 0 Å². The molecule has 5 heteroatoms. The molecule has 4 rings (SSSR count). The van der Waals surface area contributed by atoms with E-state index >= 15 is 0 Å². The monoisotopic (exact) mass is 394 g/mol. The van der Waals surface area contributed by atoms with E-state index in [0.29, 0.717) is 11.5 Å². The fourth-order valence-corrected chi connectivity index (χ4v) is 3.26. The average Bonchev–Trinajstić information content (AvgIpc) is 2.76. The normalized spacial score (nSPS) is 11.5. The Kier molecular flexibility index (Phi) is 5.26. The molecule has 0 spiro atoms. The first-order chi connectivity index (χ1) is 14.5. The van der Waals surface area contributed by atoms with Gasteiger partial charge in [-0.1, -0.05) is 53.6 Å². The minimum Gasteiger partial charge on any atom is -0.508 e. The Bertz CT molecular complexity index is 1210. The number of benzene rings is 3. The van der Waals surface area contributed by atoms with Gasteiger partial charge in [0.2, 0.25) is 0 Å². The summed E-state index contributed by atoms with van der Waals surface area (Å²) in [6.45, 7) is 4.10. The second-order valence-electron chi connectivity index (χ2n) is 7.22. The number of hydrogen-bond acceptors (Lipinski definition) is 5. The maximum absolute atomic E-state index is 9.61. The molecule has 0 bridgehead atoms. The average molecular weight is 394 g/mol. The molecule has 0 aliphatic carbocycles. The van der Waals surface area contributed by atoms with Gasteiger partial charge in [-0.2, -0.15) is 5.10 Å². The van der Waals surface area contributed by atoms with Gasteiger partial charge in [0.15, 0.2) is 5.82 Å². The van der Waals surface area contributed by atoms with Crippen molar-refractivity contribution in [2.45, 2.75) is 13.8 Å². The molecule has 1 aromatic heterocycles. The molecule has 0 saturated carbocycles. The van der Waals surface area contributed by atoms with Crippen LogP contribution < -0.4 is 5.84 Å². The fraction of sp³-hybridized carbons (Fsp3) is 0.0800. The Balaban J connectivity index is 1.90. The quantitative estimate of drug-likeness (QED) is 0.295. The molecule has 148 valence electrons. The predicted molar refractivity (Wildman–Crippen MR) is 120 cm³/mol. The summed E-state index contributed by atoms with van der Waals surface area (Å²) in [6.07, 6.45) is 0. The highest BCUT2D eigenvalue weighted by atomic mass is 16.3. The summed E-state index contributed by atoms with van der Waals surface area (Å²) < 4.78 is 0. The van der Waals surface area contributed by atoms with Crippen LogP contribution in [0.3, 0.4) is 0 Å². The van der Waals surface area contributed by atoms with Crippen molar-refractivity contribution in [2.75, 3.05) is 0 Å². The molecule has 30 heavy (non-hydrogen) atoms. The molecule has 0 atom stereocenters. The number of hydrazone groups is 1. The number of aromatic nitrogens is 2. The second-order valence-corrected chi connectivity index (χ2v) is 7.22. The summed E-state index contributed by atoms with van der Waals surface area (Å²) in [5.41, 5.74) is 7.07. The van der Waals surface area contributed by atoms with Gasteiger partial charge < -0.3 is 10.9 Å². The topological polar surface area (TPSA) is 84.4 Å². The van der Waals surface area contributed by atoms with E-state index in [1.807, 2.05) is 30.3 Å². The van der Waals surface area contributed by atoms with Crippen molar-refractivity contribution in [2.24, 2.45) is 10.9 Å².